The van der Waals surface area contributed by atoms with Crippen LogP contribution in [0.3, 0.4) is 0 Å². The van der Waals surface area contributed by atoms with Crippen molar-refractivity contribution in [1.29, 1.82) is 0 Å². The molecule has 7 nitrogen and oxygen atoms in total. The van der Waals surface area contributed by atoms with E-state index in [-0.39, 0.29) is 30.4 Å². The summed E-state index contributed by atoms with van der Waals surface area (Å²) in [5.41, 5.74) is 2.78. The van der Waals surface area contributed by atoms with E-state index in [1.165, 1.54) is 0 Å². The van der Waals surface area contributed by atoms with Crippen LogP contribution in [0.2, 0.25) is 0 Å². The SMILES string of the molecule is COc1cc([C@@H]2CN3C(=O)CN(CCC(C)C)C(=O)[C@]3(C)c3[nH]c4ccccc4c32)ccc1OC(C)C. The molecular formula is C30H37N3O4. The van der Waals surface area contributed by atoms with Crippen LogP contribution in [-0.4, -0.2) is 59.4 Å². The third-order valence-corrected chi connectivity index (χ3v) is 7.75. The Hall–Kier alpha value is -3.48. The first-order valence-corrected chi connectivity index (χ1v) is 13.2. The molecule has 0 saturated carbocycles. The average molecular weight is 504 g/mol. The summed E-state index contributed by atoms with van der Waals surface area (Å²) < 4.78 is 11.6. The third-order valence-electron chi connectivity index (χ3n) is 7.75. The second kappa shape index (κ2) is 9.43. The molecule has 0 aliphatic carbocycles. The molecule has 5 rings (SSSR count). The van der Waals surface area contributed by atoms with E-state index >= 15 is 0 Å². The van der Waals surface area contributed by atoms with Crippen molar-refractivity contribution in [3.05, 3.63) is 59.3 Å². The van der Waals surface area contributed by atoms with Gasteiger partial charge >= 0.3 is 0 Å². The number of aromatic amines is 1. The quantitative estimate of drug-likeness (QED) is 0.490. The van der Waals surface area contributed by atoms with Crippen LogP contribution < -0.4 is 9.47 Å². The van der Waals surface area contributed by atoms with Crippen molar-refractivity contribution in [2.75, 3.05) is 26.7 Å². The highest BCUT2D eigenvalue weighted by Gasteiger charge is 2.56. The normalized spacial score (nSPS) is 21.6. The topological polar surface area (TPSA) is 74.9 Å². The van der Waals surface area contributed by atoms with Gasteiger partial charge in [0.25, 0.3) is 5.91 Å². The van der Waals surface area contributed by atoms with E-state index in [9.17, 15) is 9.59 Å². The van der Waals surface area contributed by atoms with Gasteiger partial charge in [-0.3, -0.25) is 9.59 Å². The van der Waals surface area contributed by atoms with Crippen molar-refractivity contribution in [2.24, 2.45) is 5.92 Å². The van der Waals surface area contributed by atoms with Gasteiger partial charge in [-0.2, -0.15) is 0 Å². The highest BCUT2D eigenvalue weighted by Crippen LogP contribution is 2.49. The number of carbonyl (C=O) groups is 2. The van der Waals surface area contributed by atoms with Gasteiger partial charge in [0.05, 0.1) is 25.5 Å². The number of benzene rings is 2. The van der Waals surface area contributed by atoms with Crippen LogP contribution in [0.25, 0.3) is 10.9 Å². The molecule has 2 atom stereocenters. The number of amides is 2. The van der Waals surface area contributed by atoms with Gasteiger partial charge in [0.2, 0.25) is 5.91 Å². The van der Waals surface area contributed by atoms with E-state index in [0.29, 0.717) is 30.5 Å². The first kappa shape index (κ1) is 25.2. The second-order valence-electron chi connectivity index (χ2n) is 11.1. The maximum atomic E-state index is 14.0. The summed E-state index contributed by atoms with van der Waals surface area (Å²) in [7, 11) is 1.64. The molecule has 2 amide bonds. The fraction of sp³-hybridized carbons (Fsp3) is 0.467. The molecule has 2 aliphatic heterocycles. The highest BCUT2D eigenvalue weighted by molar-refractivity contribution is 6.01. The lowest BCUT2D eigenvalue weighted by atomic mass is 9.76. The Morgan fingerprint density at radius 2 is 1.84 bits per heavy atom. The van der Waals surface area contributed by atoms with Gasteiger partial charge in [0, 0.05) is 29.9 Å². The number of rotatable bonds is 7. The van der Waals surface area contributed by atoms with E-state index < -0.39 is 5.54 Å². The lowest BCUT2D eigenvalue weighted by Crippen LogP contribution is -2.67. The van der Waals surface area contributed by atoms with Crippen LogP contribution in [0.1, 0.15) is 63.8 Å². The Morgan fingerprint density at radius 3 is 2.54 bits per heavy atom. The molecule has 3 aromatic rings. The zero-order chi connectivity index (χ0) is 26.5. The summed E-state index contributed by atoms with van der Waals surface area (Å²) in [5.74, 6) is 1.63. The zero-order valence-corrected chi connectivity index (χ0v) is 22.6. The Labute approximate surface area is 218 Å². The van der Waals surface area contributed by atoms with Crippen molar-refractivity contribution in [1.82, 2.24) is 14.8 Å². The number of piperazine rings is 1. The summed E-state index contributed by atoms with van der Waals surface area (Å²) >= 11 is 0. The van der Waals surface area contributed by atoms with Crippen LogP contribution >= 0.6 is 0 Å². The molecule has 0 bridgehead atoms. The number of ether oxygens (including phenoxy) is 2. The zero-order valence-electron chi connectivity index (χ0n) is 22.6. The van der Waals surface area contributed by atoms with E-state index in [2.05, 4.69) is 24.9 Å². The van der Waals surface area contributed by atoms with Gasteiger partial charge < -0.3 is 24.3 Å². The fourth-order valence-electron chi connectivity index (χ4n) is 5.82. The summed E-state index contributed by atoms with van der Waals surface area (Å²) in [5, 5.41) is 1.07. The van der Waals surface area contributed by atoms with Gasteiger partial charge in [-0.25, -0.2) is 0 Å². The molecule has 3 heterocycles. The number of methoxy groups -OCH3 is 1. The van der Waals surface area contributed by atoms with Gasteiger partial charge in [-0.15, -0.1) is 0 Å². The molecular weight excluding hydrogens is 466 g/mol. The van der Waals surface area contributed by atoms with E-state index in [4.69, 9.17) is 9.47 Å². The van der Waals surface area contributed by atoms with Crippen LogP contribution in [0.4, 0.5) is 0 Å². The van der Waals surface area contributed by atoms with Crippen molar-refractivity contribution in [3.63, 3.8) is 0 Å². The minimum absolute atomic E-state index is 0.0164. The molecule has 0 radical (unpaired) electrons. The minimum atomic E-state index is -1.08. The summed E-state index contributed by atoms with van der Waals surface area (Å²) in [4.78, 5) is 34.7. The maximum absolute atomic E-state index is 14.0. The Kier molecular flexibility index (Phi) is 6.42. The molecule has 196 valence electrons. The number of hydrogen-bond donors (Lipinski definition) is 1. The molecule has 37 heavy (non-hydrogen) atoms. The number of nitrogens with one attached hydrogen (secondary N) is 1. The summed E-state index contributed by atoms with van der Waals surface area (Å²) in [6.07, 6.45) is 0.882. The number of hydrogen-bond acceptors (Lipinski definition) is 4. The van der Waals surface area contributed by atoms with Crippen LogP contribution in [-0.2, 0) is 15.1 Å². The lowest BCUT2D eigenvalue weighted by Gasteiger charge is -2.51. The predicted octanol–water partition coefficient (Wildman–Crippen LogP) is 5.04. The van der Waals surface area contributed by atoms with E-state index in [1.807, 2.05) is 57.2 Å². The molecule has 1 aromatic heterocycles. The van der Waals surface area contributed by atoms with Gasteiger partial charge in [-0.05, 0) is 62.4 Å². The number of nitrogens with zero attached hydrogens (tertiary/aromatic N) is 2. The number of para-hydroxylation sites is 1. The molecule has 7 heteroatoms. The van der Waals surface area contributed by atoms with E-state index in [0.717, 1.165) is 34.1 Å². The Balaban J connectivity index is 1.66. The standard InChI is InChI=1S/C30H37N3O4/c1-18(2)13-14-32-17-26(34)33-16-22(20-11-12-24(37-19(3)4)25(15-20)36-6)27-21-9-7-8-10-23(21)31-28(27)30(33,5)29(32)35/h7-12,15,18-19,22,31H,13-14,16-17H2,1-6H3/t22-,30-/m0/s1. The number of carbonyl (C=O) groups excluding carboxylic acids is 2. The third kappa shape index (κ3) is 4.14. The summed E-state index contributed by atoms with van der Waals surface area (Å²) in [6.45, 7) is 11.3. The number of H-pyrrole nitrogens is 1. The van der Waals surface area contributed by atoms with Crippen molar-refractivity contribution < 1.29 is 19.1 Å². The van der Waals surface area contributed by atoms with Crippen LogP contribution in [0.15, 0.2) is 42.5 Å². The van der Waals surface area contributed by atoms with Crippen molar-refractivity contribution in [2.45, 2.75) is 58.6 Å². The molecule has 0 spiro atoms. The van der Waals surface area contributed by atoms with Gasteiger partial charge in [0.15, 0.2) is 17.0 Å². The Morgan fingerprint density at radius 1 is 1.08 bits per heavy atom. The lowest BCUT2D eigenvalue weighted by molar-refractivity contribution is -0.166. The smallest absolute Gasteiger partial charge is 0.254 e. The molecule has 1 fully saturated rings. The molecule has 1 saturated heterocycles. The molecule has 2 aromatic carbocycles. The number of aromatic nitrogens is 1. The number of fused-ring (bicyclic) bond motifs is 5. The van der Waals surface area contributed by atoms with Crippen LogP contribution in [0.5, 0.6) is 11.5 Å². The fourth-order valence-corrected chi connectivity index (χ4v) is 5.82. The monoisotopic (exact) mass is 503 g/mol. The summed E-state index contributed by atoms with van der Waals surface area (Å²) in [6, 6.07) is 14.1. The molecule has 0 unspecified atom stereocenters. The first-order valence-electron chi connectivity index (χ1n) is 13.2. The minimum Gasteiger partial charge on any atom is -0.493 e. The second-order valence-corrected chi connectivity index (χ2v) is 11.1. The average Bonchev–Trinajstić information content (AvgIpc) is 3.26. The van der Waals surface area contributed by atoms with Crippen LogP contribution in [0, 0.1) is 5.92 Å². The maximum Gasteiger partial charge on any atom is 0.254 e. The Bertz CT molecular complexity index is 1340. The molecule has 2 aliphatic rings. The highest BCUT2D eigenvalue weighted by atomic mass is 16.5. The van der Waals surface area contributed by atoms with E-state index in [1.54, 1.807) is 16.9 Å². The van der Waals surface area contributed by atoms with Gasteiger partial charge in [-0.1, -0.05) is 38.1 Å². The first-order chi connectivity index (χ1) is 17.6. The van der Waals surface area contributed by atoms with Gasteiger partial charge in [0.1, 0.15) is 0 Å². The predicted molar refractivity (Wildman–Crippen MR) is 144 cm³/mol. The largest absolute Gasteiger partial charge is 0.493 e. The van der Waals surface area contributed by atoms with Crippen molar-refractivity contribution in [3.8, 4) is 11.5 Å². The molecule has 1 N–H and O–H groups in total. The van der Waals surface area contributed by atoms with Crippen molar-refractivity contribution >= 4 is 22.7 Å².